The van der Waals surface area contributed by atoms with Crippen LogP contribution in [0.4, 0.5) is 0 Å². The summed E-state index contributed by atoms with van der Waals surface area (Å²) in [5.74, 6) is 0. The van der Waals surface area contributed by atoms with Gasteiger partial charge in [0.05, 0.1) is 6.61 Å². The van der Waals surface area contributed by atoms with Crippen LogP contribution in [-0.2, 0) is 4.74 Å². The predicted octanol–water partition coefficient (Wildman–Crippen LogP) is 1.34. The Morgan fingerprint density at radius 1 is 1.14 bits per heavy atom. The molecule has 0 aromatic carbocycles. The fraction of sp³-hybridized carbons (Fsp3) is 1.00. The van der Waals surface area contributed by atoms with Gasteiger partial charge in [0.15, 0.2) is 0 Å². The van der Waals surface area contributed by atoms with E-state index in [0.717, 1.165) is 32.7 Å². The molecule has 0 saturated carbocycles. The van der Waals surface area contributed by atoms with Crippen molar-refractivity contribution in [2.75, 3.05) is 40.4 Å². The van der Waals surface area contributed by atoms with Crippen molar-refractivity contribution < 1.29 is 4.74 Å². The monoisotopic (exact) mass is 202 g/mol. The normalized spacial score (nSPS) is 12.4. The van der Waals surface area contributed by atoms with Crippen LogP contribution >= 0.6 is 0 Å². The first-order chi connectivity index (χ1) is 6.42. The quantitative estimate of drug-likeness (QED) is 0.631. The number of nitrogens with one attached hydrogen (secondary N) is 1. The number of hydrogen-bond acceptors (Lipinski definition) is 3. The first-order valence-electron chi connectivity index (χ1n) is 5.39. The average molecular weight is 202 g/mol. The molecule has 14 heavy (non-hydrogen) atoms. The Morgan fingerprint density at radius 2 is 1.79 bits per heavy atom. The van der Waals surface area contributed by atoms with E-state index < -0.39 is 0 Å². The SMILES string of the molecule is CN(C)CCCOCCNC(C)(C)C. The third kappa shape index (κ3) is 11.9. The van der Waals surface area contributed by atoms with E-state index in [1.54, 1.807) is 0 Å². The topological polar surface area (TPSA) is 24.5 Å². The second-order valence-electron chi connectivity index (χ2n) is 4.95. The fourth-order valence-electron chi connectivity index (χ4n) is 1.08. The van der Waals surface area contributed by atoms with Gasteiger partial charge in [0, 0.05) is 18.7 Å². The number of hydrogen-bond donors (Lipinski definition) is 1. The maximum atomic E-state index is 5.49. The van der Waals surface area contributed by atoms with Gasteiger partial charge in [-0.3, -0.25) is 0 Å². The van der Waals surface area contributed by atoms with Gasteiger partial charge in [0.1, 0.15) is 0 Å². The van der Waals surface area contributed by atoms with Crippen molar-refractivity contribution in [3.05, 3.63) is 0 Å². The third-order valence-corrected chi connectivity index (χ3v) is 1.80. The molecule has 0 bridgehead atoms. The van der Waals surface area contributed by atoms with E-state index in [9.17, 15) is 0 Å². The molecular weight excluding hydrogens is 176 g/mol. The molecule has 0 amide bonds. The molecule has 0 heterocycles. The summed E-state index contributed by atoms with van der Waals surface area (Å²) in [6.07, 6.45) is 1.11. The Morgan fingerprint density at radius 3 is 2.29 bits per heavy atom. The molecule has 1 N–H and O–H groups in total. The Labute approximate surface area is 88.8 Å². The van der Waals surface area contributed by atoms with E-state index in [1.165, 1.54) is 0 Å². The first kappa shape index (κ1) is 13.9. The maximum Gasteiger partial charge on any atom is 0.0591 e. The minimum absolute atomic E-state index is 0.201. The lowest BCUT2D eigenvalue weighted by Gasteiger charge is -2.20. The Bertz CT molecular complexity index is 130. The minimum atomic E-state index is 0.201. The summed E-state index contributed by atoms with van der Waals surface area (Å²) in [6.45, 7) is 10.2. The van der Waals surface area contributed by atoms with Gasteiger partial charge < -0.3 is 15.0 Å². The summed E-state index contributed by atoms with van der Waals surface area (Å²) < 4.78 is 5.49. The van der Waals surface area contributed by atoms with E-state index in [0.29, 0.717) is 0 Å². The van der Waals surface area contributed by atoms with Crippen molar-refractivity contribution in [1.29, 1.82) is 0 Å². The Kier molecular flexibility index (Phi) is 7.15. The number of rotatable bonds is 7. The average Bonchev–Trinajstić information content (AvgIpc) is 2.00. The molecule has 0 spiro atoms. The lowest BCUT2D eigenvalue weighted by Crippen LogP contribution is -2.38. The van der Waals surface area contributed by atoms with Crippen LogP contribution < -0.4 is 5.32 Å². The van der Waals surface area contributed by atoms with Crippen LogP contribution in [0.15, 0.2) is 0 Å². The van der Waals surface area contributed by atoms with Crippen molar-refractivity contribution in [2.24, 2.45) is 0 Å². The number of nitrogens with zero attached hydrogens (tertiary/aromatic N) is 1. The zero-order valence-electron chi connectivity index (χ0n) is 10.4. The lowest BCUT2D eigenvalue weighted by molar-refractivity contribution is 0.123. The van der Waals surface area contributed by atoms with Crippen molar-refractivity contribution in [1.82, 2.24) is 10.2 Å². The van der Waals surface area contributed by atoms with Crippen molar-refractivity contribution in [2.45, 2.75) is 32.7 Å². The highest BCUT2D eigenvalue weighted by Crippen LogP contribution is 1.96. The Hall–Kier alpha value is -0.120. The van der Waals surface area contributed by atoms with Gasteiger partial charge in [0.25, 0.3) is 0 Å². The molecule has 0 aliphatic carbocycles. The highest BCUT2D eigenvalue weighted by Gasteiger charge is 2.06. The van der Waals surface area contributed by atoms with E-state index in [4.69, 9.17) is 4.74 Å². The second kappa shape index (κ2) is 7.21. The van der Waals surface area contributed by atoms with Crippen LogP contribution in [0.25, 0.3) is 0 Å². The van der Waals surface area contributed by atoms with Crippen LogP contribution in [0, 0.1) is 0 Å². The predicted molar refractivity (Wildman–Crippen MR) is 61.7 cm³/mol. The molecule has 3 nitrogen and oxygen atoms in total. The number of ether oxygens (including phenoxy) is 1. The largest absolute Gasteiger partial charge is 0.380 e. The van der Waals surface area contributed by atoms with Gasteiger partial charge in [-0.05, 0) is 47.8 Å². The molecule has 0 radical (unpaired) electrons. The van der Waals surface area contributed by atoms with Gasteiger partial charge in [0.2, 0.25) is 0 Å². The van der Waals surface area contributed by atoms with E-state index in [1.807, 2.05) is 0 Å². The lowest BCUT2D eigenvalue weighted by atomic mass is 10.1. The standard InChI is InChI=1S/C11H26N2O/c1-11(2,3)12-7-10-14-9-6-8-13(4)5/h12H,6-10H2,1-5H3. The van der Waals surface area contributed by atoms with Gasteiger partial charge in [-0.1, -0.05) is 0 Å². The summed E-state index contributed by atoms with van der Waals surface area (Å²) in [5, 5.41) is 3.39. The summed E-state index contributed by atoms with van der Waals surface area (Å²) in [5.41, 5.74) is 0.201. The summed E-state index contributed by atoms with van der Waals surface area (Å²) in [6, 6.07) is 0. The zero-order chi connectivity index (χ0) is 11.0. The molecule has 0 aliphatic rings. The third-order valence-electron chi connectivity index (χ3n) is 1.80. The summed E-state index contributed by atoms with van der Waals surface area (Å²) >= 11 is 0. The van der Waals surface area contributed by atoms with Crippen molar-refractivity contribution in [3.63, 3.8) is 0 Å². The Balaban J connectivity index is 3.07. The molecule has 0 unspecified atom stereocenters. The molecule has 0 aliphatic heterocycles. The molecule has 3 heteroatoms. The van der Waals surface area contributed by atoms with Crippen molar-refractivity contribution >= 4 is 0 Å². The molecule has 0 fully saturated rings. The highest BCUT2D eigenvalue weighted by molar-refractivity contribution is 4.69. The molecule has 0 aromatic rings. The first-order valence-corrected chi connectivity index (χ1v) is 5.39. The van der Waals surface area contributed by atoms with Crippen LogP contribution in [0.5, 0.6) is 0 Å². The summed E-state index contributed by atoms with van der Waals surface area (Å²) in [4.78, 5) is 2.18. The molecule has 0 atom stereocenters. The molecule has 0 saturated heterocycles. The summed E-state index contributed by atoms with van der Waals surface area (Å²) in [7, 11) is 4.17. The maximum absolute atomic E-state index is 5.49. The zero-order valence-corrected chi connectivity index (χ0v) is 10.4. The highest BCUT2D eigenvalue weighted by atomic mass is 16.5. The molecule has 0 rings (SSSR count). The van der Waals surface area contributed by atoms with E-state index >= 15 is 0 Å². The van der Waals surface area contributed by atoms with Gasteiger partial charge in [-0.2, -0.15) is 0 Å². The smallest absolute Gasteiger partial charge is 0.0591 e. The van der Waals surface area contributed by atoms with Crippen molar-refractivity contribution in [3.8, 4) is 0 Å². The van der Waals surface area contributed by atoms with Crippen LogP contribution in [-0.4, -0.2) is 50.8 Å². The molecular formula is C11H26N2O. The molecule has 0 aromatic heterocycles. The van der Waals surface area contributed by atoms with Gasteiger partial charge in [-0.15, -0.1) is 0 Å². The fourth-order valence-corrected chi connectivity index (χ4v) is 1.08. The minimum Gasteiger partial charge on any atom is -0.380 e. The van der Waals surface area contributed by atoms with Crippen LogP contribution in [0.3, 0.4) is 0 Å². The van der Waals surface area contributed by atoms with E-state index in [2.05, 4.69) is 45.1 Å². The van der Waals surface area contributed by atoms with Crippen LogP contribution in [0.1, 0.15) is 27.2 Å². The van der Waals surface area contributed by atoms with E-state index in [-0.39, 0.29) is 5.54 Å². The van der Waals surface area contributed by atoms with Gasteiger partial charge >= 0.3 is 0 Å². The second-order valence-corrected chi connectivity index (χ2v) is 4.95. The van der Waals surface area contributed by atoms with Gasteiger partial charge in [-0.25, -0.2) is 0 Å². The molecule has 86 valence electrons. The van der Waals surface area contributed by atoms with Crippen LogP contribution in [0.2, 0.25) is 0 Å².